The van der Waals surface area contributed by atoms with E-state index in [0.29, 0.717) is 6.54 Å². The molecule has 0 aliphatic carbocycles. The predicted molar refractivity (Wildman–Crippen MR) is 51.9 cm³/mol. The van der Waals surface area contributed by atoms with Gasteiger partial charge in [-0.15, -0.1) is 0 Å². The molecular weight excluding hydrogens is 148 g/mol. The van der Waals surface area contributed by atoms with Crippen LogP contribution < -0.4 is 11.1 Å². The van der Waals surface area contributed by atoms with Crippen LogP contribution in [-0.2, 0) is 5.54 Å². The maximum absolute atomic E-state index is 5.69. The zero-order chi connectivity index (χ0) is 9.03. The van der Waals surface area contributed by atoms with Gasteiger partial charge in [-0.05, 0) is 19.5 Å². The molecule has 0 saturated carbocycles. The Hall–Kier alpha value is -0.860. The second-order valence-corrected chi connectivity index (χ2v) is 3.15. The van der Waals surface area contributed by atoms with Crippen LogP contribution in [0.1, 0.15) is 12.5 Å². The van der Waals surface area contributed by atoms with E-state index in [1.807, 2.05) is 25.2 Å². The van der Waals surface area contributed by atoms with Crippen molar-refractivity contribution in [3.63, 3.8) is 0 Å². The molecule has 1 aromatic rings. The lowest BCUT2D eigenvalue weighted by atomic mass is 9.92. The van der Waals surface area contributed by atoms with Gasteiger partial charge in [-0.1, -0.05) is 30.3 Å². The molecule has 0 unspecified atom stereocenters. The average Bonchev–Trinajstić information content (AvgIpc) is 2.18. The van der Waals surface area contributed by atoms with E-state index in [1.165, 1.54) is 5.56 Å². The number of nitrogens with two attached hydrogens (primary N) is 1. The molecule has 2 nitrogen and oxygen atoms in total. The van der Waals surface area contributed by atoms with Crippen molar-refractivity contribution in [2.24, 2.45) is 5.73 Å². The van der Waals surface area contributed by atoms with E-state index >= 15 is 0 Å². The highest BCUT2D eigenvalue weighted by molar-refractivity contribution is 5.23. The van der Waals surface area contributed by atoms with Gasteiger partial charge in [0.25, 0.3) is 0 Å². The van der Waals surface area contributed by atoms with Crippen LogP contribution in [0.15, 0.2) is 30.3 Å². The van der Waals surface area contributed by atoms with Gasteiger partial charge in [0.2, 0.25) is 0 Å². The SMILES string of the molecule is CN[C@](C)(CN)c1ccccc1. The van der Waals surface area contributed by atoms with Crippen LogP contribution in [0.4, 0.5) is 0 Å². The van der Waals surface area contributed by atoms with Gasteiger partial charge in [0, 0.05) is 6.54 Å². The van der Waals surface area contributed by atoms with Gasteiger partial charge in [-0.25, -0.2) is 0 Å². The standard InChI is InChI=1S/C10H16N2/c1-10(8-11,12-2)9-6-4-3-5-7-9/h3-7,12H,8,11H2,1-2H3/t10-/m1/s1. The normalized spacial score (nSPS) is 15.6. The Kier molecular flexibility index (Phi) is 2.84. The van der Waals surface area contributed by atoms with E-state index in [9.17, 15) is 0 Å². The van der Waals surface area contributed by atoms with E-state index in [0.717, 1.165) is 0 Å². The summed E-state index contributed by atoms with van der Waals surface area (Å²) in [5.41, 5.74) is 6.82. The lowest BCUT2D eigenvalue weighted by molar-refractivity contribution is 0.411. The van der Waals surface area contributed by atoms with E-state index in [4.69, 9.17) is 5.73 Å². The quantitative estimate of drug-likeness (QED) is 0.701. The van der Waals surface area contributed by atoms with Crippen molar-refractivity contribution >= 4 is 0 Å². The number of rotatable bonds is 3. The second kappa shape index (κ2) is 3.70. The van der Waals surface area contributed by atoms with Crippen LogP contribution in [0.5, 0.6) is 0 Å². The van der Waals surface area contributed by atoms with Crippen molar-refractivity contribution in [1.29, 1.82) is 0 Å². The van der Waals surface area contributed by atoms with Crippen LogP contribution in [-0.4, -0.2) is 13.6 Å². The summed E-state index contributed by atoms with van der Waals surface area (Å²) in [7, 11) is 1.93. The van der Waals surface area contributed by atoms with Crippen LogP contribution in [0.2, 0.25) is 0 Å². The molecule has 12 heavy (non-hydrogen) atoms. The highest BCUT2D eigenvalue weighted by Gasteiger charge is 2.21. The highest BCUT2D eigenvalue weighted by Crippen LogP contribution is 2.17. The van der Waals surface area contributed by atoms with Crippen LogP contribution >= 0.6 is 0 Å². The molecule has 1 rings (SSSR count). The van der Waals surface area contributed by atoms with Crippen molar-refractivity contribution in [1.82, 2.24) is 5.32 Å². The molecule has 66 valence electrons. The van der Waals surface area contributed by atoms with Gasteiger partial charge in [-0.2, -0.15) is 0 Å². The fourth-order valence-corrected chi connectivity index (χ4v) is 1.17. The monoisotopic (exact) mass is 164 g/mol. The minimum absolute atomic E-state index is 0.0960. The number of nitrogens with one attached hydrogen (secondary N) is 1. The number of likely N-dealkylation sites (N-methyl/N-ethyl adjacent to an activating group) is 1. The summed E-state index contributed by atoms with van der Waals surface area (Å²) in [5.74, 6) is 0. The lowest BCUT2D eigenvalue weighted by Gasteiger charge is -2.27. The fourth-order valence-electron chi connectivity index (χ4n) is 1.17. The second-order valence-electron chi connectivity index (χ2n) is 3.15. The summed E-state index contributed by atoms with van der Waals surface area (Å²) in [6.07, 6.45) is 0. The first-order valence-electron chi connectivity index (χ1n) is 4.17. The third-order valence-electron chi connectivity index (χ3n) is 2.37. The molecule has 0 spiro atoms. The molecule has 0 heterocycles. The summed E-state index contributed by atoms with van der Waals surface area (Å²) >= 11 is 0. The number of benzene rings is 1. The molecule has 1 atom stereocenters. The molecule has 0 aliphatic heterocycles. The van der Waals surface area contributed by atoms with Crippen molar-refractivity contribution in [3.8, 4) is 0 Å². The third-order valence-corrected chi connectivity index (χ3v) is 2.37. The van der Waals surface area contributed by atoms with E-state index in [2.05, 4.69) is 24.4 Å². The van der Waals surface area contributed by atoms with E-state index in [-0.39, 0.29) is 5.54 Å². The zero-order valence-electron chi connectivity index (χ0n) is 7.67. The summed E-state index contributed by atoms with van der Waals surface area (Å²) in [4.78, 5) is 0. The van der Waals surface area contributed by atoms with Crippen molar-refractivity contribution in [3.05, 3.63) is 35.9 Å². The summed E-state index contributed by atoms with van der Waals surface area (Å²) in [6, 6.07) is 10.2. The van der Waals surface area contributed by atoms with Crippen molar-refractivity contribution in [2.75, 3.05) is 13.6 Å². The predicted octanol–water partition coefficient (Wildman–Crippen LogP) is 1.08. The molecule has 0 aromatic heterocycles. The Balaban J connectivity index is 2.95. The van der Waals surface area contributed by atoms with Crippen molar-refractivity contribution < 1.29 is 0 Å². The maximum atomic E-state index is 5.69. The molecule has 0 radical (unpaired) electrons. The van der Waals surface area contributed by atoms with Gasteiger partial charge in [0.05, 0.1) is 5.54 Å². The molecule has 0 bridgehead atoms. The Morgan fingerprint density at radius 3 is 2.33 bits per heavy atom. The largest absolute Gasteiger partial charge is 0.328 e. The first-order valence-corrected chi connectivity index (χ1v) is 4.17. The zero-order valence-corrected chi connectivity index (χ0v) is 7.67. The Morgan fingerprint density at radius 2 is 1.92 bits per heavy atom. The summed E-state index contributed by atoms with van der Waals surface area (Å²) < 4.78 is 0. The van der Waals surface area contributed by atoms with Crippen LogP contribution in [0.3, 0.4) is 0 Å². The third kappa shape index (κ3) is 1.65. The van der Waals surface area contributed by atoms with Crippen LogP contribution in [0, 0.1) is 0 Å². The van der Waals surface area contributed by atoms with Gasteiger partial charge >= 0.3 is 0 Å². The molecule has 3 N–H and O–H groups in total. The lowest BCUT2D eigenvalue weighted by Crippen LogP contribution is -2.43. The summed E-state index contributed by atoms with van der Waals surface area (Å²) in [6.45, 7) is 2.70. The first-order chi connectivity index (χ1) is 5.73. The van der Waals surface area contributed by atoms with E-state index in [1.54, 1.807) is 0 Å². The minimum Gasteiger partial charge on any atom is -0.328 e. The van der Waals surface area contributed by atoms with Crippen LogP contribution in [0.25, 0.3) is 0 Å². The maximum Gasteiger partial charge on any atom is 0.0527 e. The smallest absolute Gasteiger partial charge is 0.0527 e. The summed E-state index contributed by atoms with van der Waals surface area (Å²) in [5, 5.41) is 3.22. The highest BCUT2D eigenvalue weighted by atomic mass is 15.0. The van der Waals surface area contributed by atoms with Gasteiger partial charge in [-0.3, -0.25) is 0 Å². The molecule has 1 aromatic carbocycles. The number of hydrogen-bond donors (Lipinski definition) is 2. The molecule has 2 heteroatoms. The minimum atomic E-state index is -0.0960. The molecule has 0 amide bonds. The van der Waals surface area contributed by atoms with Gasteiger partial charge in [0.1, 0.15) is 0 Å². The average molecular weight is 164 g/mol. The molecule has 0 fully saturated rings. The number of hydrogen-bond acceptors (Lipinski definition) is 2. The van der Waals surface area contributed by atoms with Gasteiger partial charge in [0.15, 0.2) is 0 Å². The Labute approximate surface area is 73.8 Å². The Bertz CT molecular complexity index is 227. The Morgan fingerprint density at radius 1 is 1.33 bits per heavy atom. The fraction of sp³-hybridized carbons (Fsp3) is 0.400. The molecule has 0 aliphatic rings. The van der Waals surface area contributed by atoms with E-state index < -0.39 is 0 Å². The molecule has 0 saturated heterocycles. The van der Waals surface area contributed by atoms with Crippen molar-refractivity contribution in [2.45, 2.75) is 12.5 Å². The van der Waals surface area contributed by atoms with Gasteiger partial charge < -0.3 is 11.1 Å². The first kappa shape index (κ1) is 9.23. The topological polar surface area (TPSA) is 38.0 Å². The molecular formula is C10H16N2.